The number of rotatable bonds is 4. The number of para-hydroxylation sites is 9. The van der Waals surface area contributed by atoms with Gasteiger partial charge in [0.1, 0.15) is 5.75 Å². The second kappa shape index (κ2) is 13.6. The molecule has 3 heterocycles. The Hall–Kier alpha value is -5.43. The zero-order valence-electron chi connectivity index (χ0n) is 27.0. The Balaban J connectivity index is 0.000000153. The molecule has 49 heavy (non-hydrogen) atoms. The predicted molar refractivity (Wildman–Crippen MR) is 196 cm³/mol. The molecule has 0 unspecified atom stereocenters. The Morgan fingerprint density at radius 3 is 1.35 bits per heavy atom. The summed E-state index contributed by atoms with van der Waals surface area (Å²) >= 11 is 0. The SMILES string of the molecule is CN1[CH-]N(c2[c-]c(N3[CH-]N(C)c4ccccc43)ccc2)c2ccccc21.Oc1ccccc1N1[CH-]N(c2[c-]cccc2)c2ccccc21.[Ir]. The molecular formula is C41H33IrN6O-5. The molecule has 9 rings (SSSR count). The van der Waals surface area contributed by atoms with E-state index in [0.29, 0.717) is 0 Å². The normalized spacial score (nSPS) is 14.2. The van der Waals surface area contributed by atoms with Crippen LogP contribution in [-0.2, 0) is 20.1 Å². The molecule has 1 N–H and O–H groups in total. The van der Waals surface area contributed by atoms with E-state index in [1.807, 2.05) is 72.2 Å². The Labute approximate surface area is 301 Å². The molecule has 0 aliphatic carbocycles. The van der Waals surface area contributed by atoms with Gasteiger partial charge < -0.3 is 34.5 Å². The van der Waals surface area contributed by atoms with Gasteiger partial charge in [0.2, 0.25) is 0 Å². The van der Waals surface area contributed by atoms with Crippen molar-refractivity contribution >= 4 is 56.9 Å². The molecular weight excluding hydrogens is 785 g/mol. The first-order valence-electron chi connectivity index (χ1n) is 15.8. The van der Waals surface area contributed by atoms with E-state index in [1.165, 1.54) is 22.7 Å². The fourth-order valence-corrected chi connectivity index (χ4v) is 6.33. The second-order valence-corrected chi connectivity index (χ2v) is 11.7. The van der Waals surface area contributed by atoms with E-state index in [0.717, 1.165) is 34.1 Å². The van der Waals surface area contributed by atoms with Gasteiger partial charge in [-0.3, -0.25) is 0 Å². The van der Waals surface area contributed by atoms with Crippen LogP contribution in [0, 0.1) is 32.1 Å². The first kappa shape index (κ1) is 32.1. The smallest absolute Gasteiger partial charge is 0.136 e. The fraction of sp³-hybridized carbons (Fsp3) is 0.0488. The molecule has 0 fully saturated rings. The van der Waals surface area contributed by atoms with Crippen LogP contribution in [0.15, 0.2) is 140 Å². The van der Waals surface area contributed by atoms with E-state index < -0.39 is 0 Å². The molecule has 3 aliphatic rings. The van der Waals surface area contributed by atoms with Gasteiger partial charge in [-0.25, -0.2) is 0 Å². The molecule has 0 atom stereocenters. The average Bonchev–Trinajstić information content (AvgIpc) is 3.81. The van der Waals surface area contributed by atoms with Crippen molar-refractivity contribution in [2.75, 3.05) is 43.5 Å². The van der Waals surface area contributed by atoms with E-state index in [-0.39, 0.29) is 25.9 Å². The third-order valence-electron chi connectivity index (χ3n) is 8.63. The van der Waals surface area contributed by atoms with Crippen LogP contribution in [0.3, 0.4) is 0 Å². The van der Waals surface area contributed by atoms with Crippen LogP contribution < -0.4 is 29.4 Å². The van der Waals surface area contributed by atoms with E-state index in [4.69, 9.17) is 0 Å². The molecule has 6 aromatic carbocycles. The van der Waals surface area contributed by atoms with Crippen LogP contribution in [0.4, 0.5) is 56.9 Å². The van der Waals surface area contributed by atoms with Gasteiger partial charge in [0.25, 0.3) is 0 Å². The molecule has 7 nitrogen and oxygen atoms in total. The Morgan fingerprint density at radius 2 is 0.837 bits per heavy atom. The van der Waals surface area contributed by atoms with E-state index in [1.54, 1.807) is 6.07 Å². The van der Waals surface area contributed by atoms with Crippen LogP contribution in [0.2, 0.25) is 0 Å². The number of hydrogen-bond acceptors (Lipinski definition) is 7. The van der Waals surface area contributed by atoms with Crippen molar-refractivity contribution in [3.63, 3.8) is 0 Å². The van der Waals surface area contributed by atoms with Crippen molar-refractivity contribution in [2.45, 2.75) is 0 Å². The summed E-state index contributed by atoms with van der Waals surface area (Å²) in [6.45, 7) is 6.19. The quantitative estimate of drug-likeness (QED) is 0.178. The minimum absolute atomic E-state index is 0. The number of benzene rings is 6. The number of nitrogens with zero attached hydrogens (tertiary/aromatic N) is 6. The van der Waals surface area contributed by atoms with Gasteiger partial charge in [0, 0.05) is 54.2 Å². The summed E-state index contributed by atoms with van der Waals surface area (Å²) < 4.78 is 0. The fourth-order valence-electron chi connectivity index (χ4n) is 6.33. The van der Waals surface area contributed by atoms with E-state index >= 15 is 0 Å². The molecule has 0 saturated carbocycles. The van der Waals surface area contributed by atoms with Gasteiger partial charge in [0.15, 0.2) is 0 Å². The Morgan fingerprint density at radius 1 is 0.429 bits per heavy atom. The van der Waals surface area contributed by atoms with Crippen LogP contribution in [-0.4, -0.2) is 19.2 Å². The first-order valence-corrected chi connectivity index (χ1v) is 15.8. The number of phenolic OH excluding ortho intramolecular Hbond substituents is 1. The third-order valence-corrected chi connectivity index (χ3v) is 8.63. The third kappa shape index (κ3) is 5.94. The van der Waals surface area contributed by atoms with Crippen molar-refractivity contribution < 1.29 is 25.2 Å². The average molecular weight is 818 g/mol. The summed E-state index contributed by atoms with van der Waals surface area (Å²) in [5, 5.41) is 10.2. The largest absolute Gasteiger partial charge is 0.506 e. The summed E-state index contributed by atoms with van der Waals surface area (Å²) in [6.07, 6.45) is 0. The van der Waals surface area contributed by atoms with Crippen LogP contribution in [0.5, 0.6) is 5.75 Å². The minimum atomic E-state index is 0. The summed E-state index contributed by atoms with van der Waals surface area (Å²) in [7, 11) is 4.14. The Bertz CT molecular complexity index is 2000. The van der Waals surface area contributed by atoms with Gasteiger partial charge in [0.05, 0.1) is 5.69 Å². The van der Waals surface area contributed by atoms with Crippen molar-refractivity contribution in [1.29, 1.82) is 0 Å². The molecule has 6 aromatic rings. The van der Waals surface area contributed by atoms with Gasteiger partial charge in [-0.2, -0.15) is 49.7 Å². The minimum Gasteiger partial charge on any atom is -0.506 e. The molecule has 0 amide bonds. The van der Waals surface area contributed by atoms with Crippen molar-refractivity contribution in [3.05, 3.63) is 172 Å². The summed E-state index contributed by atoms with van der Waals surface area (Å²) in [5.74, 6) is 0.257. The van der Waals surface area contributed by atoms with Crippen LogP contribution in [0.1, 0.15) is 0 Å². The predicted octanol–water partition coefficient (Wildman–Crippen LogP) is 9.50. The van der Waals surface area contributed by atoms with Crippen molar-refractivity contribution in [3.8, 4) is 5.75 Å². The Kier molecular flexibility index (Phi) is 8.91. The van der Waals surface area contributed by atoms with Crippen molar-refractivity contribution in [2.24, 2.45) is 0 Å². The molecule has 0 saturated heterocycles. The molecule has 0 bridgehead atoms. The number of anilines is 10. The molecule has 8 heteroatoms. The van der Waals surface area contributed by atoms with Crippen LogP contribution >= 0.6 is 0 Å². The second-order valence-electron chi connectivity index (χ2n) is 11.7. The van der Waals surface area contributed by atoms with Crippen LogP contribution in [0.25, 0.3) is 0 Å². The molecule has 0 aromatic heterocycles. The zero-order chi connectivity index (χ0) is 32.6. The number of aromatic hydroxyl groups is 1. The summed E-state index contributed by atoms with van der Waals surface area (Å²) in [6, 6.07) is 53.3. The standard InChI is InChI=1S/C22H19N4.C19H14N2O.Ir/c1-23-15-25(21-12-5-3-10-19(21)23)17-8-7-9-18(14-17)26-16-24(2)20-11-4-6-13-22(20)26;22-19-13-7-6-12-18(19)21-14-20(15-8-2-1-3-9-15)16-10-4-5-11-17(16)21;/h3-13,15-16H,1-2H3;1-8,10-14,22H;/q-3;-2;. The maximum absolute atomic E-state index is 10.2. The summed E-state index contributed by atoms with van der Waals surface area (Å²) in [4.78, 5) is 12.7. The summed E-state index contributed by atoms with van der Waals surface area (Å²) in [5.41, 5.74) is 10.6. The van der Waals surface area contributed by atoms with E-state index in [9.17, 15) is 5.11 Å². The van der Waals surface area contributed by atoms with E-state index in [2.05, 4.69) is 137 Å². The topological polar surface area (TPSA) is 39.7 Å². The van der Waals surface area contributed by atoms with Gasteiger partial charge in [-0.05, 0) is 62.6 Å². The zero-order valence-corrected chi connectivity index (χ0v) is 29.4. The van der Waals surface area contributed by atoms with Crippen molar-refractivity contribution in [1.82, 2.24) is 0 Å². The molecule has 247 valence electrons. The molecule has 0 spiro atoms. The van der Waals surface area contributed by atoms with Gasteiger partial charge in [-0.15, -0.1) is 41.9 Å². The first-order chi connectivity index (χ1) is 23.6. The molecule has 1 radical (unpaired) electrons. The number of fused-ring (bicyclic) bond motifs is 3. The maximum Gasteiger partial charge on any atom is 0.136 e. The molecule has 3 aliphatic heterocycles. The van der Waals surface area contributed by atoms with Gasteiger partial charge >= 0.3 is 0 Å². The van der Waals surface area contributed by atoms with Gasteiger partial charge in [-0.1, -0.05) is 48.5 Å². The number of hydrogen-bond donors (Lipinski definition) is 1. The monoisotopic (exact) mass is 818 g/mol. The maximum atomic E-state index is 10.2. The number of phenols is 1.